The van der Waals surface area contributed by atoms with Crippen molar-refractivity contribution in [1.29, 1.82) is 5.26 Å². The van der Waals surface area contributed by atoms with Crippen molar-refractivity contribution in [2.45, 2.75) is 11.8 Å². The lowest BCUT2D eigenvalue weighted by molar-refractivity contribution is 0.102. The highest BCUT2D eigenvalue weighted by molar-refractivity contribution is 7.99. The van der Waals surface area contributed by atoms with Crippen LogP contribution in [0.1, 0.15) is 15.9 Å². The van der Waals surface area contributed by atoms with Gasteiger partial charge in [0.25, 0.3) is 5.91 Å². The number of nitrogens with zero attached hydrogens (tertiary/aromatic N) is 1. The van der Waals surface area contributed by atoms with Crippen LogP contribution < -0.4 is 5.32 Å². The van der Waals surface area contributed by atoms with E-state index in [2.05, 4.69) is 11.4 Å². The molecule has 0 aliphatic heterocycles. The Hall–Kier alpha value is -2.25. The number of nitrogens with one attached hydrogen (secondary N) is 1. The van der Waals surface area contributed by atoms with Gasteiger partial charge in [-0.25, -0.2) is 0 Å². The Morgan fingerprint density at radius 1 is 1.20 bits per heavy atom. The number of carbonyl (C=O) groups excluding carboxylic acids is 1. The van der Waals surface area contributed by atoms with Gasteiger partial charge >= 0.3 is 0 Å². The lowest BCUT2D eigenvalue weighted by atomic mass is 10.2. The number of carbonyl (C=O) groups is 1. The number of nitriles is 1. The molecule has 0 unspecified atom stereocenters. The molecule has 4 heteroatoms. The predicted molar refractivity (Wildman–Crippen MR) is 81.9 cm³/mol. The van der Waals surface area contributed by atoms with E-state index in [4.69, 9.17) is 5.26 Å². The van der Waals surface area contributed by atoms with Crippen LogP contribution in [0.25, 0.3) is 0 Å². The highest BCUT2D eigenvalue weighted by atomic mass is 32.2. The van der Waals surface area contributed by atoms with Gasteiger partial charge in [-0.3, -0.25) is 4.79 Å². The van der Waals surface area contributed by atoms with Gasteiger partial charge in [0, 0.05) is 10.6 Å². The van der Waals surface area contributed by atoms with Crippen LogP contribution in [0.15, 0.2) is 53.4 Å². The molecule has 0 radical (unpaired) electrons. The summed E-state index contributed by atoms with van der Waals surface area (Å²) < 4.78 is 0. The summed E-state index contributed by atoms with van der Waals surface area (Å²) in [5.41, 5.74) is 2.50. The minimum absolute atomic E-state index is 0.158. The van der Waals surface area contributed by atoms with Crippen LogP contribution >= 0.6 is 11.8 Å². The largest absolute Gasteiger partial charge is 0.322 e. The molecule has 1 N–H and O–H groups in total. The van der Waals surface area contributed by atoms with Gasteiger partial charge in [-0.1, -0.05) is 29.8 Å². The van der Waals surface area contributed by atoms with Crippen LogP contribution in [0.3, 0.4) is 0 Å². The number of amides is 1. The number of aryl methyl sites for hydroxylation is 1. The van der Waals surface area contributed by atoms with Crippen molar-refractivity contribution in [1.82, 2.24) is 0 Å². The number of hydrogen-bond donors (Lipinski definition) is 1. The molecule has 100 valence electrons. The van der Waals surface area contributed by atoms with E-state index in [1.807, 2.05) is 49.4 Å². The highest BCUT2D eigenvalue weighted by Crippen LogP contribution is 2.23. The van der Waals surface area contributed by atoms with Crippen molar-refractivity contribution in [2.24, 2.45) is 0 Å². The molecule has 0 fully saturated rings. The molecule has 0 heterocycles. The van der Waals surface area contributed by atoms with Crippen LogP contribution in [0.4, 0.5) is 5.69 Å². The van der Waals surface area contributed by atoms with E-state index in [1.165, 1.54) is 11.8 Å². The van der Waals surface area contributed by atoms with Gasteiger partial charge < -0.3 is 5.32 Å². The molecular weight excluding hydrogens is 268 g/mol. The molecule has 20 heavy (non-hydrogen) atoms. The molecule has 2 aromatic carbocycles. The van der Waals surface area contributed by atoms with Crippen LogP contribution in [-0.4, -0.2) is 11.7 Å². The lowest BCUT2D eigenvalue weighted by Crippen LogP contribution is -2.12. The average Bonchev–Trinajstić information content (AvgIpc) is 2.47. The van der Waals surface area contributed by atoms with Crippen molar-refractivity contribution in [3.8, 4) is 6.07 Å². The number of benzene rings is 2. The Balaban J connectivity index is 2.16. The zero-order valence-electron chi connectivity index (χ0n) is 11.1. The molecule has 0 saturated carbocycles. The molecule has 0 bridgehead atoms. The third kappa shape index (κ3) is 3.62. The summed E-state index contributed by atoms with van der Waals surface area (Å²) >= 11 is 1.37. The summed E-state index contributed by atoms with van der Waals surface area (Å²) in [6, 6.07) is 17.0. The monoisotopic (exact) mass is 282 g/mol. The average molecular weight is 282 g/mol. The Kier molecular flexibility index (Phi) is 4.80. The maximum Gasteiger partial charge on any atom is 0.256 e. The van der Waals surface area contributed by atoms with Crippen LogP contribution in [0, 0.1) is 18.3 Å². The summed E-state index contributed by atoms with van der Waals surface area (Å²) in [5.74, 6) is 0.171. The maximum atomic E-state index is 12.3. The molecule has 0 atom stereocenters. The third-order valence-electron chi connectivity index (χ3n) is 2.73. The summed E-state index contributed by atoms with van der Waals surface area (Å²) in [5, 5.41) is 11.5. The third-order valence-corrected chi connectivity index (χ3v) is 3.67. The molecule has 0 aliphatic rings. The van der Waals surface area contributed by atoms with Gasteiger partial charge in [-0.05, 0) is 31.2 Å². The molecule has 2 rings (SSSR count). The van der Waals surface area contributed by atoms with E-state index in [9.17, 15) is 4.79 Å². The Morgan fingerprint density at radius 3 is 2.60 bits per heavy atom. The van der Waals surface area contributed by atoms with E-state index in [0.717, 1.165) is 16.1 Å². The normalized spacial score (nSPS) is 9.80. The first-order chi connectivity index (χ1) is 9.70. The fourth-order valence-electron chi connectivity index (χ4n) is 1.73. The van der Waals surface area contributed by atoms with E-state index < -0.39 is 0 Å². The minimum Gasteiger partial charge on any atom is -0.322 e. The van der Waals surface area contributed by atoms with Crippen molar-refractivity contribution in [2.75, 3.05) is 11.1 Å². The van der Waals surface area contributed by atoms with Crippen LogP contribution in [0.5, 0.6) is 0 Å². The first-order valence-corrected chi connectivity index (χ1v) is 7.16. The number of thioether (sulfide) groups is 1. The van der Waals surface area contributed by atoms with Crippen molar-refractivity contribution >= 4 is 23.4 Å². The first kappa shape index (κ1) is 14.2. The summed E-state index contributed by atoms with van der Waals surface area (Å²) in [4.78, 5) is 13.1. The molecule has 2 aromatic rings. The second-order valence-corrected chi connectivity index (χ2v) is 5.28. The maximum absolute atomic E-state index is 12.3. The van der Waals surface area contributed by atoms with Gasteiger partial charge in [-0.15, -0.1) is 11.8 Å². The fraction of sp³-hybridized carbons (Fsp3) is 0.125. The van der Waals surface area contributed by atoms with Crippen molar-refractivity contribution in [3.05, 3.63) is 59.7 Å². The number of rotatable bonds is 4. The van der Waals surface area contributed by atoms with E-state index in [-0.39, 0.29) is 5.91 Å². The summed E-state index contributed by atoms with van der Waals surface area (Å²) in [7, 11) is 0. The molecule has 0 aromatic heterocycles. The van der Waals surface area contributed by atoms with E-state index in [0.29, 0.717) is 11.3 Å². The molecule has 3 nitrogen and oxygen atoms in total. The Morgan fingerprint density at radius 2 is 1.90 bits per heavy atom. The fourth-order valence-corrected chi connectivity index (χ4v) is 2.44. The second-order valence-electron chi connectivity index (χ2n) is 4.26. The van der Waals surface area contributed by atoms with Gasteiger partial charge in [0.15, 0.2) is 0 Å². The summed E-state index contributed by atoms with van der Waals surface area (Å²) in [6.07, 6.45) is 0. The summed E-state index contributed by atoms with van der Waals surface area (Å²) in [6.45, 7) is 2.00. The second kappa shape index (κ2) is 6.78. The lowest BCUT2D eigenvalue weighted by Gasteiger charge is -2.09. The van der Waals surface area contributed by atoms with Crippen LogP contribution in [0.2, 0.25) is 0 Å². The number of anilines is 1. The topological polar surface area (TPSA) is 52.9 Å². The van der Waals surface area contributed by atoms with Crippen molar-refractivity contribution < 1.29 is 4.79 Å². The predicted octanol–water partition coefficient (Wildman–Crippen LogP) is 3.86. The molecule has 1 amide bonds. The Labute approximate surface area is 122 Å². The zero-order valence-corrected chi connectivity index (χ0v) is 11.9. The molecule has 0 aliphatic carbocycles. The zero-order chi connectivity index (χ0) is 14.4. The minimum atomic E-state index is -0.158. The SMILES string of the molecule is Cc1ccc(NC(=O)c2ccccc2SCC#N)cc1. The van der Waals surface area contributed by atoms with Gasteiger partial charge in [0.2, 0.25) is 0 Å². The first-order valence-electron chi connectivity index (χ1n) is 6.17. The molecule has 0 saturated heterocycles. The van der Waals surface area contributed by atoms with E-state index in [1.54, 1.807) is 6.07 Å². The smallest absolute Gasteiger partial charge is 0.256 e. The number of hydrogen-bond acceptors (Lipinski definition) is 3. The van der Waals surface area contributed by atoms with Gasteiger partial charge in [0.05, 0.1) is 17.4 Å². The molecular formula is C16H14N2OS. The van der Waals surface area contributed by atoms with Gasteiger partial charge in [0.1, 0.15) is 0 Å². The van der Waals surface area contributed by atoms with Gasteiger partial charge in [-0.2, -0.15) is 5.26 Å². The highest BCUT2D eigenvalue weighted by Gasteiger charge is 2.11. The standard InChI is InChI=1S/C16H14N2OS/c1-12-6-8-13(9-7-12)18-16(19)14-4-2-3-5-15(14)20-11-10-17/h2-9H,11H2,1H3,(H,18,19). The Bertz CT molecular complexity index is 644. The quantitative estimate of drug-likeness (QED) is 0.866. The molecule has 0 spiro atoms. The van der Waals surface area contributed by atoms with E-state index >= 15 is 0 Å². The van der Waals surface area contributed by atoms with Crippen molar-refractivity contribution in [3.63, 3.8) is 0 Å². The van der Waals surface area contributed by atoms with Crippen LogP contribution in [-0.2, 0) is 0 Å².